The Labute approximate surface area is 170 Å². The van der Waals surface area contributed by atoms with Gasteiger partial charge in [-0.25, -0.2) is 0 Å². The largest absolute Gasteiger partial charge is 0.495 e. The summed E-state index contributed by atoms with van der Waals surface area (Å²) in [5, 5.41) is 3.31. The number of nitrogens with zero attached hydrogens (tertiary/aromatic N) is 1. The second-order valence-corrected chi connectivity index (χ2v) is 6.66. The SMILES string of the molecule is CCCN(CC(=O)Nc1ccccc1OC)C(=O)C(C)Oc1cccc(Cl)c1. The quantitative estimate of drug-likeness (QED) is 0.686. The number of hydrogen-bond donors (Lipinski definition) is 1. The standard InChI is InChI=1S/C21H25ClN2O4/c1-4-12-24(14-20(25)23-18-10-5-6-11-19(18)27-3)21(26)15(2)28-17-9-7-8-16(22)13-17/h5-11,13,15H,4,12,14H2,1-3H3,(H,23,25). The van der Waals surface area contributed by atoms with Crippen molar-refractivity contribution < 1.29 is 19.1 Å². The van der Waals surface area contributed by atoms with Crippen molar-refractivity contribution >= 4 is 29.1 Å². The number of anilines is 1. The van der Waals surface area contributed by atoms with Crippen LogP contribution in [-0.4, -0.2) is 43.0 Å². The summed E-state index contributed by atoms with van der Waals surface area (Å²) in [7, 11) is 1.53. The second kappa shape index (κ2) is 10.6. The van der Waals surface area contributed by atoms with Gasteiger partial charge in [0.1, 0.15) is 11.5 Å². The maximum absolute atomic E-state index is 12.8. The number of methoxy groups -OCH3 is 1. The normalized spacial score (nSPS) is 11.4. The number of benzene rings is 2. The summed E-state index contributed by atoms with van der Waals surface area (Å²) >= 11 is 5.95. The molecule has 0 aliphatic rings. The molecule has 6 nitrogen and oxygen atoms in total. The van der Waals surface area contributed by atoms with Crippen molar-refractivity contribution in [3.63, 3.8) is 0 Å². The summed E-state index contributed by atoms with van der Waals surface area (Å²) in [4.78, 5) is 26.8. The Morgan fingerprint density at radius 2 is 1.93 bits per heavy atom. The molecule has 0 radical (unpaired) electrons. The summed E-state index contributed by atoms with van der Waals surface area (Å²) in [6.07, 6.45) is -0.0264. The molecule has 0 heterocycles. The van der Waals surface area contributed by atoms with E-state index in [0.717, 1.165) is 6.42 Å². The van der Waals surface area contributed by atoms with Crippen molar-refractivity contribution in [1.29, 1.82) is 0 Å². The molecule has 7 heteroatoms. The number of amides is 2. The van der Waals surface area contributed by atoms with Crippen LogP contribution in [0.1, 0.15) is 20.3 Å². The van der Waals surface area contributed by atoms with Gasteiger partial charge >= 0.3 is 0 Å². The molecule has 2 amide bonds. The van der Waals surface area contributed by atoms with Crippen LogP contribution in [0.4, 0.5) is 5.69 Å². The Morgan fingerprint density at radius 3 is 2.61 bits per heavy atom. The Hall–Kier alpha value is -2.73. The lowest BCUT2D eigenvalue weighted by Crippen LogP contribution is -2.44. The molecule has 0 saturated carbocycles. The van der Waals surface area contributed by atoms with Crippen molar-refractivity contribution in [3.05, 3.63) is 53.6 Å². The van der Waals surface area contributed by atoms with Gasteiger partial charge in [-0.2, -0.15) is 0 Å². The summed E-state index contributed by atoms with van der Waals surface area (Å²) in [6.45, 7) is 3.97. The minimum Gasteiger partial charge on any atom is -0.495 e. The molecule has 0 aliphatic carbocycles. The van der Waals surface area contributed by atoms with E-state index in [1.165, 1.54) is 12.0 Å². The van der Waals surface area contributed by atoms with Gasteiger partial charge in [0, 0.05) is 11.6 Å². The molecule has 0 saturated heterocycles. The summed E-state index contributed by atoms with van der Waals surface area (Å²) in [5.74, 6) is 0.489. The van der Waals surface area contributed by atoms with Crippen molar-refractivity contribution in [3.8, 4) is 11.5 Å². The molecular formula is C21H25ClN2O4. The molecule has 0 fully saturated rings. The van der Waals surface area contributed by atoms with Gasteiger partial charge in [-0.3, -0.25) is 9.59 Å². The molecule has 150 valence electrons. The number of para-hydroxylation sites is 2. The predicted molar refractivity (Wildman–Crippen MR) is 110 cm³/mol. The summed E-state index contributed by atoms with van der Waals surface area (Å²) in [6, 6.07) is 14.0. The van der Waals surface area contributed by atoms with Crippen LogP contribution in [0.2, 0.25) is 5.02 Å². The first-order valence-electron chi connectivity index (χ1n) is 9.08. The topological polar surface area (TPSA) is 67.9 Å². The number of hydrogen-bond acceptors (Lipinski definition) is 4. The molecule has 1 N–H and O–H groups in total. The van der Waals surface area contributed by atoms with Gasteiger partial charge in [0.25, 0.3) is 5.91 Å². The van der Waals surface area contributed by atoms with Crippen LogP contribution in [0.5, 0.6) is 11.5 Å². The third-order valence-corrected chi connectivity index (χ3v) is 4.21. The van der Waals surface area contributed by atoms with Gasteiger partial charge < -0.3 is 19.7 Å². The lowest BCUT2D eigenvalue weighted by atomic mass is 10.2. The van der Waals surface area contributed by atoms with Crippen LogP contribution < -0.4 is 14.8 Å². The minimum atomic E-state index is -0.746. The van der Waals surface area contributed by atoms with E-state index in [-0.39, 0.29) is 18.4 Å². The van der Waals surface area contributed by atoms with E-state index in [2.05, 4.69) is 5.32 Å². The van der Waals surface area contributed by atoms with E-state index in [1.54, 1.807) is 49.4 Å². The average molecular weight is 405 g/mol. The first kappa shape index (κ1) is 21.6. The van der Waals surface area contributed by atoms with Crippen LogP contribution in [0, 0.1) is 0 Å². The first-order chi connectivity index (χ1) is 13.4. The fourth-order valence-corrected chi connectivity index (χ4v) is 2.88. The van der Waals surface area contributed by atoms with Crippen molar-refractivity contribution in [1.82, 2.24) is 4.90 Å². The smallest absolute Gasteiger partial charge is 0.263 e. The molecular weight excluding hydrogens is 380 g/mol. The lowest BCUT2D eigenvalue weighted by molar-refractivity contribution is -0.140. The Balaban J connectivity index is 2.02. The van der Waals surface area contributed by atoms with Gasteiger partial charge in [-0.15, -0.1) is 0 Å². The second-order valence-electron chi connectivity index (χ2n) is 6.23. The maximum Gasteiger partial charge on any atom is 0.263 e. The molecule has 2 rings (SSSR count). The molecule has 0 aliphatic heterocycles. The fourth-order valence-electron chi connectivity index (χ4n) is 2.70. The Kier molecular flexibility index (Phi) is 8.14. The van der Waals surface area contributed by atoms with E-state index in [1.807, 2.05) is 13.0 Å². The van der Waals surface area contributed by atoms with E-state index in [0.29, 0.717) is 28.8 Å². The van der Waals surface area contributed by atoms with Crippen LogP contribution in [0.25, 0.3) is 0 Å². The highest BCUT2D eigenvalue weighted by Gasteiger charge is 2.24. The van der Waals surface area contributed by atoms with Crippen molar-refractivity contribution in [2.45, 2.75) is 26.4 Å². The van der Waals surface area contributed by atoms with E-state index in [9.17, 15) is 9.59 Å². The summed E-state index contributed by atoms with van der Waals surface area (Å²) < 4.78 is 10.9. The number of halogens is 1. The molecule has 2 aromatic rings. The molecule has 0 spiro atoms. The average Bonchev–Trinajstić information content (AvgIpc) is 2.67. The first-order valence-corrected chi connectivity index (χ1v) is 9.46. The van der Waals surface area contributed by atoms with Crippen molar-refractivity contribution in [2.75, 3.05) is 25.5 Å². The number of nitrogens with one attached hydrogen (secondary N) is 1. The monoisotopic (exact) mass is 404 g/mol. The molecule has 2 aromatic carbocycles. The maximum atomic E-state index is 12.8. The zero-order valence-electron chi connectivity index (χ0n) is 16.3. The number of carbonyl (C=O) groups excluding carboxylic acids is 2. The van der Waals surface area contributed by atoms with Gasteiger partial charge in [-0.05, 0) is 43.7 Å². The van der Waals surface area contributed by atoms with E-state index < -0.39 is 6.10 Å². The highest BCUT2D eigenvalue weighted by Crippen LogP contribution is 2.23. The zero-order valence-corrected chi connectivity index (χ0v) is 17.0. The van der Waals surface area contributed by atoms with Crippen molar-refractivity contribution in [2.24, 2.45) is 0 Å². The van der Waals surface area contributed by atoms with Crippen LogP contribution >= 0.6 is 11.6 Å². The van der Waals surface area contributed by atoms with Crippen LogP contribution in [-0.2, 0) is 9.59 Å². The van der Waals surface area contributed by atoms with Crippen LogP contribution in [0.3, 0.4) is 0 Å². The molecule has 1 unspecified atom stereocenters. The van der Waals surface area contributed by atoms with E-state index >= 15 is 0 Å². The minimum absolute atomic E-state index is 0.0754. The zero-order chi connectivity index (χ0) is 20.5. The number of carbonyl (C=O) groups is 2. The van der Waals surface area contributed by atoms with E-state index in [4.69, 9.17) is 21.1 Å². The molecule has 0 bridgehead atoms. The molecule has 28 heavy (non-hydrogen) atoms. The Morgan fingerprint density at radius 1 is 1.18 bits per heavy atom. The fraction of sp³-hybridized carbons (Fsp3) is 0.333. The highest BCUT2D eigenvalue weighted by molar-refractivity contribution is 6.30. The lowest BCUT2D eigenvalue weighted by Gasteiger charge is -2.25. The van der Waals surface area contributed by atoms with Gasteiger partial charge in [0.2, 0.25) is 5.91 Å². The predicted octanol–water partition coefficient (Wildman–Crippen LogP) is 3.99. The van der Waals surface area contributed by atoms with Gasteiger partial charge in [0.15, 0.2) is 6.10 Å². The summed E-state index contributed by atoms with van der Waals surface area (Å²) in [5.41, 5.74) is 0.558. The molecule has 1 atom stereocenters. The Bertz CT molecular complexity index is 812. The van der Waals surface area contributed by atoms with Gasteiger partial charge in [0.05, 0.1) is 19.3 Å². The number of ether oxygens (including phenoxy) is 2. The highest BCUT2D eigenvalue weighted by atomic mass is 35.5. The number of rotatable bonds is 9. The third kappa shape index (κ3) is 6.16. The third-order valence-electron chi connectivity index (χ3n) is 3.98. The van der Waals surface area contributed by atoms with Gasteiger partial charge in [-0.1, -0.05) is 36.7 Å². The van der Waals surface area contributed by atoms with Crippen LogP contribution in [0.15, 0.2) is 48.5 Å². The molecule has 0 aromatic heterocycles.